The van der Waals surface area contributed by atoms with Crippen LogP contribution >= 0.6 is 35.3 Å². The monoisotopic (exact) mass is 552 g/mol. The van der Waals surface area contributed by atoms with Gasteiger partial charge in [0.15, 0.2) is 5.96 Å². The van der Waals surface area contributed by atoms with Gasteiger partial charge in [-0.1, -0.05) is 0 Å². The van der Waals surface area contributed by atoms with Crippen LogP contribution in [-0.4, -0.2) is 60.9 Å². The van der Waals surface area contributed by atoms with Gasteiger partial charge in [0, 0.05) is 26.1 Å². The van der Waals surface area contributed by atoms with Crippen molar-refractivity contribution in [1.82, 2.24) is 15.2 Å². The lowest BCUT2D eigenvalue weighted by atomic mass is 10.3. The van der Waals surface area contributed by atoms with Crippen LogP contribution in [-0.2, 0) is 11.3 Å². The van der Waals surface area contributed by atoms with Crippen molar-refractivity contribution in [2.75, 3.05) is 33.9 Å². The number of hydrogen-bond donors (Lipinski definition) is 2. The molecule has 0 saturated carbocycles. The number of guanidine groups is 1. The van der Waals surface area contributed by atoms with Gasteiger partial charge < -0.3 is 24.8 Å². The minimum absolute atomic E-state index is 0. The van der Waals surface area contributed by atoms with E-state index in [-0.39, 0.29) is 49.0 Å². The molecule has 0 spiro atoms. The van der Waals surface area contributed by atoms with Gasteiger partial charge in [-0.25, -0.2) is 9.37 Å². The first kappa shape index (κ1) is 26.5. The summed E-state index contributed by atoms with van der Waals surface area (Å²) >= 11 is 1.57. The molecule has 2 unspecified atom stereocenters. The third kappa shape index (κ3) is 8.70. The Morgan fingerprint density at radius 3 is 2.70 bits per heavy atom. The van der Waals surface area contributed by atoms with Gasteiger partial charge in [0.05, 0.1) is 18.8 Å². The first-order valence-corrected chi connectivity index (χ1v) is 10.3. The van der Waals surface area contributed by atoms with Crippen molar-refractivity contribution in [3.63, 3.8) is 0 Å². The number of ether oxygens (including phenoxy) is 2. The molecule has 1 aromatic heterocycles. The van der Waals surface area contributed by atoms with Crippen LogP contribution < -0.4 is 10.1 Å². The predicted molar refractivity (Wildman–Crippen MR) is 128 cm³/mol. The fourth-order valence-electron chi connectivity index (χ4n) is 2.44. The average Bonchev–Trinajstić information content (AvgIpc) is 3.18. The Morgan fingerprint density at radius 1 is 1.37 bits per heavy atom. The van der Waals surface area contributed by atoms with Crippen LogP contribution in [0, 0.1) is 5.82 Å². The van der Waals surface area contributed by atoms with E-state index in [0.717, 1.165) is 10.7 Å². The van der Waals surface area contributed by atoms with Gasteiger partial charge in [0.2, 0.25) is 0 Å². The largest absolute Gasteiger partial charge is 0.491 e. The number of nitrogens with one attached hydrogen (secondary N) is 1. The summed E-state index contributed by atoms with van der Waals surface area (Å²) in [4.78, 5) is 11.0. The normalized spacial score (nSPS) is 13.3. The molecule has 0 fully saturated rings. The van der Waals surface area contributed by atoms with Crippen molar-refractivity contribution in [3.8, 4) is 5.75 Å². The Kier molecular flexibility index (Phi) is 12.1. The van der Waals surface area contributed by atoms with Crippen molar-refractivity contribution in [2.45, 2.75) is 32.6 Å². The van der Waals surface area contributed by atoms with E-state index >= 15 is 0 Å². The first-order valence-electron chi connectivity index (χ1n) is 9.45. The molecule has 1 aromatic carbocycles. The topological polar surface area (TPSA) is 79.2 Å². The molecule has 168 valence electrons. The minimum Gasteiger partial charge on any atom is -0.491 e. The number of thiazole rings is 1. The highest BCUT2D eigenvalue weighted by Gasteiger charge is 2.13. The molecule has 0 radical (unpaired) electrons. The zero-order valence-corrected chi connectivity index (χ0v) is 20.8. The first-order chi connectivity index (χ1) is 13.9. The van der Waals surface area contributed by atoms with Crippen LogP contribution in [0.2, 0.25) is 0 Å². The summed E-state index contributed by atoms with van der Waals surface area (Å²) < 4.78 is 23.7. The molecule has 7 nitrogen and oxygen atoms in total. The highest BCUT2D eigenvalue weighted by atomic mass is 127. The summed E-state index contributed by atoms with van der Waals surface area (Å²) in [7, 11) is 3.58. The van der Waals surface area contributed by atoms with Crippen molar-refractivity contribution in [3.05, 3.63) is 46.2 Å². The van der Waals surface area contributed by atoms with E-state index in [1.54, 1.807) is 18.4 Å². The molecule has 2 rings (SSSR count). The maximum absolute atomic E-state index is 12.9. The number of benzene rings is 1. The van der Waals surface area contributed by atoms with Gasteiger partial charge in [0.25, 0.3) is 0 Å². The highest BCUT2D eigenvalue weighted by Crippen LogP contribution is 2.21. The Hall–Kier alpha value is -1.50. The maximum Gasteiger partial charge on any atom is 0.194 e. The zero-order valence-electron chi connectivity index (χ0n) is 17.7. The standard InChI is InChI=1S/C20H29FN4O3S.HI/c1-5-22-20(25(3)11-16-13-29-19(24-16)14(2)27-4)23-10-17(26)12-28-18-8-6-15(21)7-9-18;/h6-9,13-14,17,26H,5,10-12H2,1-4H3,(H,22,23);1H. The van der Waals surface area contributed by atoms with Gasteiger partial charge in [-0.15, -0.1) is 35.3 Å². The number of methoxy groups -OCH3 is 1. The Labute approximate surface area is 198 Å². The summed E-state index contributed by atoms with van der Waals surface area (Å²) in [5.41, 5.74) is 0.933. The minimum atomic E-state index is -0.782. The Morgan fingerprint density at radius 2 is 2.07 bits per heavy atom. The third-order valence-electron chi connectivity index (χ3n) is 4.07. The SMILES string of the molecule is CCNC(=NCC(O)COc1ccc(F)cc1)N(C)Cc1csc(C(C)OC)n1.I. The second-order valence-corrected chi connectivity index (χ2v) is 7.41. The van der Waals surface area contributed by atoms with Crippen molar-refractivity contribution < 1.29 is 19.0 Å². The summed E-state index contributed by atoms with van der Waals surface area (Å²) in [5.74, 6) is 0.843. The number of nitrogens with zero attached hydrogens (tertiary/aromatic N) is 3. The molecule has 0 amide bonds. The van der Waals surface area contributed by atoms with Gasteiger partial charge in [-0.3, -0.25) is 4.99 Å². The molecule has 0 bridgehead atoms. The van der Waals surface area contributed by atoms with Crippen molar-refractivity contribution in [2.24, 2.45) is 4.99 Å². The van der Waals surface area contributed by atoms with E-state index < -0.39 is 6.10 Å². The van der Waals surface area contributed by atoms with E-state index in [9.17, 15) is 9.50 Å². The van der Waals surface area contributed by atoms with Crippen LogP contribution in [0.5, 0.6) is 5.75 Å². The summed E-state index contributed by atoms with van der Waals surface area (Å²) in [6, 6.07) is 5.68. The number of hydrogen-bond acceptors (Lipinski definition) is 6. The van der Waals surface area contributed by atoms with E-state index in [2.05, 4.69) is 15.3 Å². The van der Waals surface area contributed by atoms with E-state index in [1.807, 2.05) is 31.2 Å². The number of rotatable bonds is 10. The second-order valence-electron chi connectivity index (χ2n) is 6.52. The fourth-order valence-corrected chi connectivity index (χ4v) is 3.28. The molecule has 0 aliphatic heterocycles. The molecule has 10 heteroatoms. The van der Waals surface area contributed by atoms with Gasteiger partial charge in [-0.2, -0.15) is 0 Å². The molecular weight excluding hydrogens is 522 g/mol. The predicted octanol–water partition coefficient (Wildman–Crippen LogP) is 3.44. The maximum atomic E-state index is 12.9. The van der Waals surface area contributed by atoms with Crippen molar-refractivity contribution >= 4 is 41.3 Å². The van der Waals surface area contributed by atoms with E-state index in [1.165, 1.54) is 24.3 Å². The highest BCUT2D eigenvalue weighted by molar-refractivity contribution is 14.0. The summed E-state index contributed by atoms with van der Waals surface area (Å²) in [6.45, 7) is 5.49. The summed E-state index contributed by atoms with van der Waals surface area (Å²) in [6.07, 6.45) is -0.812. The van der Waals surface area contributed by atoms with Gasteiger partial charge in [-0.05, 0) is 38.1 Å². The van der Waals surface area contributed by atoms with Crippen LogP contribution in [0.15, 0.2) is 34.6 Å². The number of aliphatic hydroxyl groups excluding tert-OH is 1. The lowest BCUT2D eigenvalue weighted by molar-refractivity contribution is 0.114. The third-order valence-corrected chi connectivity index (χ3v) is 5.13. The zero-order chi connectivity index (χ0) is 21.2. The van der Waals surface area contributed by atoms with Gasteiger partial charge in [0.1, 0.15) is 35.4 Å². The Bertz CT molecular complexity index is 776. The average molecular weight is 552 g/mol. The smallest absolute Gasteiger partial charge is 0.194 e. The number of aromatic nitrogens is 1. The molecule has 1 heterocycles. The molecule has 0 aliphatic rings. The Balaban J connectivity index is 0.00000450. The molecule has 2 atom stereocenters. The molecule has 2 N–H and O–H groups in total. The molecule has 0 aliphatic carbocycles. The van der Waals surface area contributed by atoms with Crippen LogP contribution in [0.1, 0.15) is 30.7 Å². The molecule has 0 saturated heterocycles. The van der Waals surface area contributed by atoms with Gasteiger partial charge >= 0.3 is 0 Å². The number of aliphatic hydroxyl groups is 1. The van der Waals surface area contributed by atoms with Crippen molar-refractivity contribution in [1.29, 1.82) is 0 Å². The molecule has 30 heavy (non-hydrogen) atoms. The lowest BCUT2D eigenvalue weighted by Crippen LogP contribution is -2.39. The quantitative estimate of drug-likeness (QED) is 0.267. The molecular formula is C20H30FIN4O3S. The second kappa shape index (κ2) is 13.7. The van der Waals surface area contributed by atoms with Crippen LogP contribution in [0.25, 0.3) is 0 Å². The summed E-state index contributed by atoms with van der Waals surface area (Å²) in [5, 5.41) is 16.3. The van der Waals surface area contributed by atoms with E-state index in [4.69, 9.17) is 9.47 Å². The lowest BCUT2D eigenvalue weighted by Gasteiger charge is -2.21. The fraction of sp³-hybridized carbons (Fsp3) is 0.500. The number of aliphatic imine (C=N–C) groups is 1. The van der Waals surface area contributed by atoms with E-state index in [0.29, 0.717) is 24.8 Å². The van der Waals surface area contributed by atoms with Crippen LogP contribution in [0.3, 0.4) is 0 Å². The number of halogens is 2. The molecule has 2 aromatic rings. The van der Waals surface area contributed by atoms with Crippen LogP contribution in [0.4, 0.5) is 4.39 Å².